The molecule has 1 heterocycles. The second-order valence-electron chi connectivity index (χ2n) is 4.25. The Morgan fingerprint density at radius 1 is 1.33 bits per heavy atom. The third-order valence-electron chi connectivity index (χ3n) is 2.61. The van der Waals surface area contributed by atoms with Gasteiger partial charge in [-0.2, -0.15) is 4.37 Å². The summed E-state index contributed by atoms with van der Waals surface area (Å²) in [5.74, 6) is 0.674. The highest BCUT2D eigenvalue weighted by molar-refractivity contribution is 7.09. The van der Waals surface area contributed by atoms with E-state index in [0.717, 1.165) is 29.4 Å². The fourth-order valence-corrected chi connectivity index (χ4v) is 2.45. The summed E-state index contributed by atoms with van der Waals surface area (Å²) in [7, 11) is 0. The van der Waals surface area contributed by atoms with Crippen LogP contribution in [0.4, 0.5) is 9.52 Å². The Labute approximate surface area is 110 Å². The van der Waals surface area contributed by atoms with Gasteiger partial charge in [0.15, 0.2) is 0 Å². The van der Waals surface area contributed by atoms with Crippen LogP contribution in [-0.4, -0.2) is 15.4 Å². The van der Waals surface area contributed by atoms with Crippen molar-refractivity contribution in [2.75, 3.05) is 5.32 Å². The summed E-state index contributed by atoms with van der Waals surface area (Å²) < 4.78 is 17.0. The van der Waals surface area contributed by atoms with Crippen LogP contribution in [0.5, 0.6) is 0 Å². The van der Waals surface area contributed by atoms with E-state index in [-0.39, 0.29) is 11.9 Å². The van der Waals surface area contributed by atoms with Crippen LogP contribution >= 0.6 is 11.5 Å². The quantitative estimate of drug-likeness (QED) is 0.901. The normalized spacial score (nSPS) is 12.4. The minimum atomic E-state index is -0.198. The van der Waals surface area contributed by atoms with Gasteiger partial charge in [0.05, 0.1) is 0 Å². The summed E-state index contributed by atoms with van der Waals surface area (Å²) in [6.07, 6.45) is 1.69. The minimum absolute atomic E-state index is 0.198. The predicted molar refractivity (Wildman–Crippen MR) is 72.5 cm³/mol. The molecule has 0 aliphatic rings. The second-order valence-corrected chi connectivity index (χ2v) is 5.00. The molecule has 1 aromatic heterocycles. The maximum atomic E-state index is 12.8. The van der Waals surface area contributed by atoms with Crippen LogP contribution in [0.2, 0.25) is 0 Å². The molecule has 1 atom stereocenters. The summed E-state index contributed by atoms with van der Waals surface area (Å²) in [6, 6.07) is 6.84. The van der Waals surface area contributed by atoms with Crippen molar-refractivity contribution < 1.29 is 4.39 Å². The number of halogens is 1. The molecule has 0 amide bonds. The number of benzene rings is 1. The first-order valence-electron chi connectivity index (χ1n) is 6.01. The smallest absolute Gasteiger partial charge is 0.202 e. The third-order valence-corrected chi connectivity index (χ3v) is 3.29. The number of aryl methyl sites for hydroxylation is 1. The molecule has 3 nitrogen and oxygen atoms in total. The molecule has 0 radical (unpaired) electrons. The molecule has 2 aromatic rings. The maximum Gasteiger partial charge on any atom is 0.202 e. The molecule has 0 aliphatic carbocycles. The van der Waals surface area contributed by atoms with Crippen LogP contribution < -0.4 is 5.32 Å². The minimum Gasteiger partial charge on any atom is -0.357 e. The Bertz CT molecular complexity index is 495. The van der Waals surface area contributed by atoms with Crippen LogP contribution in [0, 0.1) is 5.82 Å². The Balaban J connectivity index is 1.91. The SMILES string of the molecule is CCc1nsc(NC(C)Cc2ccc(F)cc2)n1. The van der Waals surface area contributed by atoms with Crippen molar-refractivity contribution in [3.63, 3.8) is 0 Å². The van der Waals surface area contributed by atoms with E-state index < -0.39 is 0 Å². The number of nitrogens with one attached hydrogen (secondary N) is 1. The molecule has 2 rings (SSSR count). The number of hydrogen-bond acceptors (Lipinski definition) is 4. The monoisotopic (exact) mass is 265 g/mol. The topological polar surface area (TPSA) is 37.8 Å². The van der Waals surface area contributed by atoms with E-state index >= 15 is 0 Å². The number of hydrogen-bond donors (Lipinski definition) is 1. The van der Waals surface area contributed by atoms with E-state index in [1.807, 2.05) is 19.1 Å². The molecule has 0 saturated carbocycles. The van der Waals surface area contributed by atoms with Crippen molar-refractivity contribution in [3.8, 4) is 0 Å². The summed E-state index contributed by atoms with van der Waals surface area (Å²) in [5, 5.41) is 4.16. The lowest BCUT2D eigenvalue weighted by molar-refractivity contribution is 0.626. The van der Waals surface area contributed by atoms with E-state index in [1.54, 1.807) is 0 Å². The molecule has 1 aromatic carbocycles. The second kappa shape index (κ2) is 5.91. The molecule has 96 valence electrons. The first-order valence-corrected chi connectivity index (χ1v) is 6.78. The van der Waals surface area contributed by atoms with Gasteiger partial charge in [-0.15, -0.1) is 0 Å². The fourth-order valence-electron chi connectivity index (χ4n) is 1.69. The van der Waals surface area contributed by atoms with Gasteiger partial charge in [-0.25, -0.2) is 9.37 Å². The Hall–Kier alpha value is -1.49. The molecule has 5 heteroatoms. The van der Waals surface area contributed by atoms with Crippen LogP contribution in [-0.2, 0) is 12.8 Å². The van der Waals surface area contributed by atoms with Crippen molar-refractivity contribution in [2.45, 2.75) is 32.7 Å². The molecule has 0 spiro atoms. The van der Waals surface area contributed by atoms with Crippen molar-refractivity contribution in [1.29, 1.82) is 0 Å². The van der Waals surface area contributed by atoms with Gasteiger partial charge in [-0.1, -0.05) is 19.1 Å². The summed E-state index contributed by atoms with van der Waals surface area (Å²) >= 11 is 1.38. The zero-order valence-electron chi connectivity index (χ0n) is 10.5. The predicted octanol–water partition coefficient (Wildman–Crippen LogP) is 3.28. The lowest BCUT2D eigenvalue weighted by Crippen LogP contribution is -2.17. The largest absolute Gasteiger partial charge is 0.357 e. The van der Waals surface area contributed by atoms with E-state index in [0.29, 0.717) is 0 Å². The lowest BCUT2D eigenvalue weighted by Gasteiger charge is -2.12. The van der Waals surface area contributed by atoms with Gasteiger partial charge < -0.3 is 5.32 Å². The first kappa shape index (κ1) is 13.0. The summed E-state index contributed by atoms with van der Waals surface area (Å²) in [5.41, 5.74) is 1.11. The van der Waals surface area contributed by atoms with Crippen molar-refractivity contribution in [2.24, 2.45) is 0 Å². The molecule has 18 heavy (non-hydrogen) atoms. The standard InChI is InChI=1S/C13H16FN3S/c1-3-12-16-13(18-17-12)15-9(2)8-10-4-6-11(14)7-5-10/h4-7,9H,3,8H2,1-2H3,(H,15,16,17). The zero-order valence-corrected chi connectivity index (χ0v) is 11.3. The molecule has 1 N–H and O–H groups in total. The Kier molecular flexibility index (Phi) is 4.25. The van der Waals surface area contributed by atoms with Gasteiger partial charge in [-0.05, 0) is 31.0 Å². The highest BCUT2D eigenvalue weighted by atomic mass is 32.1. The molecule has 0 aliphatic heterocycles. The van der Waals surface area contributed by atoms with Gasteiger partial charge >= 0.3 is 0 Å². The van der Waals surface area contributed by atoms with Gasteiger partial charge in [0.25, 0.3) is 0 Å². The van der Waals surface area contributed by atoms with E-state index in [1.165, 1.54) is 23.7 Å². The fraction of sp³-hybridized carbons (Fsp3) is 0.385. The van der Waals surface area contributed by atoms with Crippen LogP contribution in [0.3, 0.4) is 0 Å². The van der Waals surface area contributed by atoms with Gasteiger partial charge in [0, 0.05) is 24.0 Å². The third kappa shape index (κ3) is 3.50. The average Bonchev–Trinajstić information content (AvgIpc) is 2.79. The maximum absolute atomic E-state index is 12.8. The average molecular weight is 265 g/mol. The molecule has 1 unspecified atom stereocenters. The molecular formula is C13H16FN3S. The number of anilines is 1. The van der Waals surface area contributed by atoms with E-state index in [9.17, 15) is 4.39 Å². The van der Waals surface area contributed by atoms with Crippen LogP contribution in [0.1, 0.15) is 25.2 Å². The first-order chi connectivity index (χ1) is 8.67. The van der Waals surface area contributed by atoms with E-state index in [2.05, 4.69) is 21.6 Å². The van der Waals surface area contributed by atoms with Crippen molar-refractivity contribution in [1.82, 2.24) is 9.36 Å². The van der Waals surface area contributed by atoms with Gasteiger partial charge in [0.1, 0.15) is 11.6 Å². The molecule has 0 bridgehead atoms. The highest BCUT2D eigenvalue weighted by Gasteiger charge is 2.07. The summed E-state index contributed by atoms with van der Waals surface area (Å²) in [4.78, 5) is 4.36. The van der Waals surface area contributed by atoms with E-state index in [4.69, 9.17) is 0 Å². The summed E-state index contributed by atoms with van der Waals surface area (Å²) in [6.45, 7) is 4.12. The lowest BCUT2D eigenvalue weighted by atomic mass is 10.1. The molecular weight excluding hydrogens is 249 g/mol. The number of nitrogens with zero attached hydrogens (tertiary/aromatic N) is 2. The Morgan fingerprint density at radius 2 is 2.06 bits per heavy atom. The van der Waals surface area contributed by atoms with Gasteiger partial charge in [-0.3, -0.25) is 0 Å². The number of rotatable bonds is 5. The highest BCUT2D eigenvalue weighted by Crippen LogP contribution is 2.14. The van der Waals surface area contributed by atoms with Crippen LogP contribution in [0.15, 0.2) is 24.3 Å². The number of aromatic nitrogens is 2. The zero-order chi connectivity index (χ0) is 13.0. The molecule has 0 fully saturated rings. The van der Waals surface area contributed by atoms with Gasteiger partial charge in [0.2, 0.25) is 5.13 Å². The van der Waals surface area contributed by atoms with Crippen LogP contribution in [0.25, 0.3) is 0 Å². The van der Waals surface area contributed by atoms with Crippen molar-refractivity contribution >= 4 is 16.7 Å². The Morgan fingerprint density at radius 3 is 2.67 bits per heavy atom. The van der Waals surface area contributed by atoms with Crippen molar-refractivity contribution in [3.05, 3.63) is 41.5 Å². The molecule has 0 saturated heterocycles.